The average molecular weight is 290 g/mol. The van der Waals surface area contributed by atoms with Crippen LogP contribution >= 0.6 is 0 Å². The highest BCUT2D eigenvalue weighted by atomic mass is 16.3. The van der Waals surface area contributed by atoms with Crippen LogP contribution in [0.2, 0.25) is 0 Å². The number of benzene rings is 1. The van der Waals surface area contributed by atoms with Gasteiger partial charge in [0.05, 0.1) is 6.10 Å². The lowest BCUT2D eigenvalue weighted by Crippen LogP contribution is -2.51. The maximum atomic E-state index is 9.97. The van der Waals surface area contributed by atoms with Crippen molar-refractivity contribution in [3.8, 4) is 0 Å². The molecule has 1 saturated heterocycles. The third kappa shape index (κ3) is 5.42. The molecule has 3 atom stereocenters. The molecule has 2 rings (SSSR count). The van der Waals surface area contributed by atoms with Crippen LogP contribution in [0.25, 0.3) is 0 Å². The summed E-state index contributed by atoms with van der Waals surface area (Å²) in [4.78, 5) is 2.52. The Balaban J connectivity index is 1.87. The number of hydrogen-bond acceptors (Lipinski definition) is 3. The third-order valence-corrected chi connectivity index (χ3v) is 4.51. The summed E-state index contributed by atoms with van der Waals surface area (Å²) in [6, 6.07) is 11.0. The summed E-state index contributed by atoms with van der Waals surface area (Å²) in [5.41, 5.74) is 1.33. The first-order valence-electron chi connectivity index (χ1n) is 8.36. The maximum Gasteiger partial charge on any atom is 0.0553 e. The Morgan fingerprint density at radius 3 is 2.71 bits per heavy atom. The van der Waals surface area contributed by atoms with Gasteiger partial charge in [-0.15, -0.1) is 0 Å². The van der Waals surface area contributed by atoms with Crippen molar-refractivity contribution in [2.45, 2.75) is 51.8 Å². The van der Waals surface area contributed by atoms with Crippen LogP contribution in [0.1, 0.15) is 38.7 Å². The van der Waals surface area contributed by atoms with Gasteiger partial charge in [0, 0.05) is 25.7 Å². The molecule has 1 aromatic rings. The quantitative estimate of drug-likeness (QED) is 0.810. The molecule has 0 spiro atoms. The van der Waals surface area contributed by atoms with Crippen molar-refractivity contribution >= 4 is 0 Å². The van der Waals surface area contributed by atoms with Gasteiger partial charge in [0.2, 0.25) is 0 Å². The number of aliphatic hydroxyl groups is 1. The minimum absolute atomic E-state index is 0.213. The molecule has 3 nitrogen and oxygen atoms in total. The first kappa shape index (κ1) is 16.5. The van der Waals surface area contributed by atoms with Crippen molar-refractivity contribution in [2.24, 2.45) is 5.92 Å². The minimum atomic E-state index is -0.213. The fraction of sp³-hybridized carbons (Fsp3) is 0.667. The zero-order chi connectivity index (χ0) is 15.1. The van der Waals surface area contributed by atoms with Gasteiger partial charge in [-0.2, -0.15) is 0 Å². The normalized spacial score (nSPS) is 24.9. The number of nitrogens with zero attached hydrogens (tertiary/aromatic N) is 1. The highest BCUT2D eigenvalue weighted by Crippen LogP contribution is 2.21. The van der Waals surface area contributed by atoms with Gasteiger partial charge in [0.25, 0.3) is 0 Å². The zero-order valence-electron chi connectivity index (χ0n) is 13.5. The second-order valence-corrected chi connectivity index (χ2v) is 6.41. The first-order chi connectivity index (χ1) is 10.2. The molecule has 0 radical (unpaired) electrons. The van der Waals surface area contributed by atoms with Crippen molar-refractivity contribution < 1.29 is 5.11 Å². The summed E-state index contributed by atoms with van der Waals surface area (Å²) in [7, 11) is 0. The van der Waals surface area contributed by atoms with E-state index in [1.807, 2.05) is 6.92 Å². The summed E-state index contributed by atoms with van der Waals surface area (Å²) >= 11 is 0. The van der Waals surface area contributed by atoms with E-state index in [2.05, 4.69) is 47.5 Å². The van der Waals surface area contributed by atoms with Crippen molar-refractivity contribution in [1.29, 1.82) is 0 Å². The smallest absolute Gasteiger partial charge is 0.0553 e. The molecule has 3 unspecified atom stereocenters. The molecule has 2 N–H and O–H groups in total. The molecule has 1 aliphatic rings. The lowest BCUT2D eigenvalue weighted by molar-refractivity contribution is 0.0473. The number of unbranched alkanes of at least 4 members (excludes halogenated alkanes) is 1. The molecule has 0 amide bonds. The van der Waals surface area contributed by atoms with E-state index in [0.29, 0.717) is 12.0 Å². The molecule has 21 heavy (non-hydrogen) atoms. The van der Waals surface area contributed by atoms with Crippen molar-refractivity contribution in [3.05, 3.63) is 35.9 Å². The Morgan fingerprint density at radius 1 is 1.29 bits per heavy atom. The molecular formula is C18H30N2O. The van der Waals surface area contributed by atoms with Gasteiger partial charge in [-0.05, 0) is 37.8 Å². The second-order valence-electron chi connectivity index (χ2n) is 6.41. The molecule has 3 heteroatoms. The van der Waals surface area contributed by atoms with Gasteiger partial charge < -0.3 is 15.3 Å². The summed E-state index contributed by atoms with van der Waals surface area (Å²) in [6.07, 6.45) is 3.35. The Morgan fingerprint density at radius 2 is 2.05 bits per heavy atom. The van der Waals surface area contributed by atoms with Crippen LogP contribution in [0.15, 0.2) is 30.3 Å². The predicted octanol–water partition coefficient (Wildman–Crippen LogP) is 2.65. The number of rotatable bonds is 7. The van der Waals surface area contributed by atoms with Crippen LogP contribution in [0.3, 0.4) is 0 Å². The van der Waals surface area contributed by atoms with E-state index in [0.717, 1.165) is 32.6 Å². The highest BCUT2D eigenvalue weighted by molar-refractivity contribution is 5.14. The fourth-order valence-electron chi connectivity index (χ4n) is 3.15. The van der Waals surface area contributed by atoms with Crippen LogP contribution in [0.5, 0.6) is 0 Å². The first-order valence-corrected chi connectivity index (χ1v) is 8.36. The van der Waals surface area contributed by atoms with Crippen LogP contribution in [0.4, 0.5) is 0 Å². The van der Waals surface area contributed by atoms with Crippen LogP contribution in [-0.4, -0.2) is 41.8 Å². The van der Waals surface area contributed by atoms with E-state index in [1.54, 1.807) is 0 Å². The van der Waals surface area contributed by atoms with Crippen molar-refractivity contribution in [1.82, 2.24) is 10.2 Å². The number of piperidine rings is 1. The lowest BCUT2D eigenvalue weighted by atomic mass is 9.90. The van der Waals surface area contributed by atoms with Crippen molar-refractivity contribution in [2.75, 3.05) is 19.6 Å². The van der Waals surface area contributed by atoms with Crippen molar-refractivity contribution in [3.63, 3.8) is 0 Å². The van der Waals surface area contributed by atoms with Crippen LogP contribution in [-0.2, 0) is 6.54 Å². The molecule has 1 aromatic carbocycles. The molecule has 118 valence electrons. The molecule has 1 fully saturated rings. The lowest BCUT2D eigenvalue weighted by Gasteiger charge is -2.39. The fourth-order valence-corrected chi connectivity index (χ4v) is 3.15. The topological polar surface area (TPSA) is 35.5 Å². The van der Waals surface area contributed by atoms with E-state index < -0.39 is 0 Å². The molecule has 0 saturated carbocycles. The van der Waals surface area contributed by atoms with Gasteiger partial charge in [0.15, 0.2) is 0 Å². The summed E-state index contributed by atoms with van der Waals surface area (Å²) < 4.78 is 0. The van der Waals surface area contributed by atoms with E-state index in [9.17, 15) is 5.11 Å². The van der Waals surface area contributed by atoms with Gasteiger partial charge in [0.1, 0.15) is 0 Å². The van der Waals surface area contributed by atoms with E-state index >= 15 is 0 Å². The maximum absolute atomic E-state index is 9.97. The van der Waals surface area contributed by atoms with Gasteiger partial charge >= 0.3 is 0 Å². The molecule has 1 aliphatic heterocycles. The number of nitrogens with one attached hydrogen (secondary N) is 1. The summed E-state index contributed by atoms with van der Waals surface area (Å²) in [5, 5.41) is 13.6. The molecule has 0 bridgehead atoms. The van der Waals surface area contributed by atoms with E-state index in [-0.39, 0.29) is 6.10 Å². The van der Waals surface area contributed by atoms with E-state index in [1.165, 1.54) is 18.4 Å². The average Bonchev–Trinajstić information content (AvgIpc) is 2.51. The standard InChI is InChI=1S/C18H30N2O/c1-3-4-10-20-13-17(15(2)21)11-18(14-20)19-12-16-8-6-5-7-9-16/h5-9,15,17-19,21H,3-4,10-14H2,1-2H3. The minimum Gasteiger partial charge on any atom is -0.393 e. The molecular weight excluding hydrogens is 260 g/mol. The predicted molar refractivity (Wildman–Crippen MR) is 88.2 cm³/mol. The second kappa shape index (κ2) is 8.52. The monoisotopic (exact) mass is 290 g/mol. The molecule has 0 aliphatic carbocycles. The number of likely N-dealkylation sites (tertiary alicyclic amines) is 1. The highest BCUT2D eigenvalue weighted by Gasteiger charge is 2.29. The van der Waals surface area contributed by atoms with Crippen LogP contribution < -0.4 is 5.32 Å². The van der Waals surface area contributed by atoms with Gasteiger partial charge in [-0.25, -0.2) is 0 Å². The van der Waals surface area contributed by atoms with Crippen LogP contribution in [0, 0.1) is 5.92 Å². The SMILES string of the molecule is CCCCN1CC(NCc2ccccc2)CC(C(C)O)C1. The zero-order valence-corrected chi connectivity index (χ0v) is 13.5. The summed E-state index contributed by atoms with van der Waals surface area (Å²) in [6.45, 7) is 8.39. The van der Waals surface area contributed by atoms with E-state index in [4.69, 9.17) is 0 Å². The third-order valence-electron chi connectivity index (χ3n) is 4.51. The number of aliphatic hydroxyl groups excluding tert-OH is 1. The molecule has 1 heterocycles. The number of hydrogen-bond donors (Lipinski definition) is 2. The molecule has 0 aromatic heterocycles. The Labute approximate surface area is 129 Å². The summed E-state index contributed by atoms with van der Waals surface area (Å²) in [5.74, 6) is 0.392. The Kier molecular flexibility index (Phi) is 6.68. The van der Waals surface area contributed by atoms with Gasteiger partial charge in [-0.3, -0.25) is 0 Å². The Hall–Kier alpha value is -0.900. The largest absolute Gasteiger partial charge is 0.393 e. The Bertz CT molecular complexity index is 393. The van der Waals surface area contributed by atoms with Gasteiger partial charge in [-0.1, -0.05) is 43.7 Å².